The Hall–Kier alpha value is -0.730. The first kappa shape index (κ1) is 19.3. The SMILES string of the molecule is C[C@@H]1O[C@@H](OCCCCCC[C@@H](O)CC(=O)[O-])[C@H](O)C[C@H]1O. The van der Waals surface area contributed by atoms with Crippen LogP contribution in [0, 0.1) is 0 Å². The van der Waals surface area contributed by atoms with Crippen LogP contribution >= 0.6 is 0 Å². The molecule has 1 saturated heterocycles. The number of hydrogen-bond donors (Lipinski definition) is 3. The lowest BCUT2D eigenvalue weighted by Gasteiger charge is -2.35. The van der Waals surface area contributed by atoms with E-state index < -0.39 is 30.6 Å². The maximum Gasteiger partial charge on any atom is 0.183 e. The van der Waals surface area contributed by atoms with Gasteiger partial charge in [-0.1, -0.05) is 19.3 Å². The summed E-state index contributed by atoms with van der Waals surface area (Å²) in [4.78, 5) is 10.3. The van der Waals surface area contributed by atoms with Gasteiger partial charge in [-0.05, 0) is 19.8 Å². The van der Waals surface area contributed by atoms with E-state index in [4.69, 9.17) is 9.47 Å². The molecule has 22 heavy (non-hydrogen) atoms. The lowest BCUT2D eigenvalue weighted by atomic mass is 10.0. The molecule has 0 bridgehead atoms. The number of rotatable bonds is 10. The van der Waals surface area contributed by atoms with Gasteiger partial charge in [-0.3, -0.25) is 0 Å². The third-order valence-electron chi connectivity index (χ3n) is 3.80. The molecule has 0 radical (unpaired) electrons. The molecule has 7 nitrogen and oxygen atoms in total. The fourth-order valence-corrected chi connectivity index (χ4v) is 2.42. The Kier molecular flexibility index (Phi) is 8.89. The van der Waals surface area contributed by atoms with Gasteiger partial charge in [0.2, 0.25) is 0 Å². The van der Waals surface area contributed by atoms with E-state index in [2.05, 4.69) is 0 Å². The van der Waals surface area contributed by atoms with E-state index in [9.17, 15) is 25.2 Å². The summed E-state index contributed by atoms with van der Waals surface area (Å²) in [5.74, 6) is -1.23. The van der Waals surface area contributed by atoms with Crippen LogP contribution in [0.5, 0.6) is 0 Å². The van der Waals surface area contributed by atoms with E-state index >= 15 is 0 Å². The van der Waals surface area contributed by atoms with Crippen LogP contribution in [0.25, 0.3) is 0 Å². The van der Waals surface area contributed by atoms with Crippen molar-refractivity contribution in [3.63, 3.8) is 0 Å². The topological polar surface area (TPSA) is 119 Å². The van der Waals surface area contributed by atoms with Crippen LogP contribution in [-0.2, 0) is 14.3 Å². The molecule has 1 rings (SSSR count). The van der Waals surface area contributed by atoms with E-state index in [1.165, 1.54) is 0 Å². The largest absolute Gasteiger partial charge is 0.550 e. The summed E-state index contributed by atoms with van der Waals surface area (Å²) in [7, 11) is 0. The summed E-state index contributed by atoms with van der Waals surface area (Å²) < 4.78 is 10.9. The van der Waals surface area contributed by atoms with E-state index in [1.807, 2.05) is 0 Å². The molecule has 0 aromatic heterocycles. The molecule has 0 amide bonds. The van der Waals surface area contributed by atoms with E-state index in [1.54, 1.807) is 6.92 Å². The normalized spacial score (nSPS) is 30.2. The van der Waals surface area contributed by atoms with Gasteiger partial charge >= 0.3 is 0 Å². The first-order valence-electron chi connectivity index (χ1n) is 7.91. The third-order valence-corrected chi connectivity index (χ3v) is 3.80. The minimum Gasteiger partial charge on any atom is -0.550 e. The van der Waals surface area contributed by atoms with Gasteiger partial charge in [-0.2, -0.15) is 0 Å². The molecular weight excluding hydrogens is 292 g/mol. The number of ether oxygens (including phenoxy) is 2. The lowest BCUT2D eigenvalue weighted by Crippen LogP contribution is -2.47. The molecule has 7 heteroatoms. The summed E-state index contributed by atoms with van der Waals surface area (Å²) in [6.07, 6.45) is 0.340. The Labute approximate surface area is 130 Å². The van der Waals surface area contributed by atoms with E-state index in [-0.39, 0.29) is 18.9 Å². The predicted molar refractivity (Wildman–Crippen MR) is 75.6 cm³/mol. The molecule has 5 atom stereocenters. The minimum absolute atomic E-state index is 0.252. The quantitative estimate of drug-likeness (QED) is 0.456. The molecule has 0 aliphatic carbocycles. The maximum atomic E-state index is 10.3. The highest BCUT2D eigenvalue weighted by Gasteiger charge is 2.34. The van der Waals surface area contributed by atoms with E-state index in [0.29, 0.717) is 13.0 Å². The van der Waals surface area contributed by atoms with Crippen molar-refractivity contribution < 1.29 is 34.7 Å². The standard InChI is InChI=1S/C15H28O7/c1-10-12(17)9-13(18)15(22-10)21-7-5-3-2-4-6-11(16)8-14(19)20/h10-13,15-18H,2-9H2,1H3,(H,19,20)/p-1/t10-,11+,12+,13+,15+/m0/s1. The summed E-state index contributed by atoms with van der Waals surface area (Å²) in [6, 6.07) is 0. The summed E-state index contributed by atoms with van der Waals surface area (Å²) in [5, 5.41) is 38.9. The monoisotopic (exact) mass is 319 g/mol. The van der Waals surface area contributed by atoms with Gasteiger partial charge in [0.05, 0.1) is 18.3 Å². The highest BCUT2D eigenvalue weighted by molar-refractivity contribution is 5.64. The second-order valence-corrected chi connectivity index (χ2v) is 5.88. The van der Waals surface area contributed by atoms with Crippen molar-refractivity contribution in [3.05, 3.63) is 0 Å². The average Bonchev–Trinajstić information content (AvgIpc) is 2.42. The van der Waals surface area contributed by atoms with Gasteiger partial charge in [0.1, 0.15) is 6.10 Å². The Morgan fingerprint density at radius 2 is 1.95 bits per heavy atom. The van der Waals surface area contributed by atoms with Crippen LogP contribution in [-0.4, -0.2) is 58.6 Å². The van der Waals surface area contributed by atoms with Gasteiger partial charge in [0, 0.05) is 25.4 Å². The number of unbranched alkanes of at least 4 members (excludes halogenated alkanes) is 3. The van der Waals surface area contributed by atoms with Crippen molar-refractivity contribution in [1.29, 1.82) is 0 Å². The van der Waals surface area contributed by atoms with Crippen LogP contribution in [0.15, 0.2) is 0 Å². The summed E-state index contributed by atoms with van der Waals surface area (Å²) in [6.45, 7) is 2.19. The molecule has 0 saturated carbocycles. The molecule has 1 aliphatic rings. The van der Waals surface area contributed by atoms with Crippen LogP contribution in [0.1, 0.15) is 51.9 Å². The number of carbonyl (C=O) groups is 1. The maximum absolute atomic E-state index is 10.3. The van der Waals surface area contributed by atoms with Gasteiger partial charge in [-0.25, -0.2) is 0 Å². The van der Waals surface area contributed by atoms with E-state index in [0.717, 1.165) is 25.7 Å². The van der Waals surface area contributed by atoms with Gasteiger partial charge < -0.3 is 34.7 Å². The molecule has 1 fully saturated rings. The molecule has 0 aromatic rings. The highest BCUT2D eigenvalue weighted by atomic mass is 16.7. The molecule has 0 aromatic carbocycles. The molecule has 0 unspecified atom stereocenters. The van der Waals surface area contributed by atoms with Gasteiger partial charge in [0.15, 0.2) is 6.29 Å². The Morgan fingerprint density at radius 1 is 1.27 bits per heavy atom. The fraction of sp³-hybridized carbons (Fsp3) is 0.933. The number of carboxylic acid groups (broad SMARTS) is 1. The number of aliphatic hydroxyl groups is 3. The van der Waals surface area contributed by atoms with Gasteiger partial charge in [0.25, 0.3) is 0 Å². The van der Waals surface area contributed by atoms with Crippen molar-refractivity contribution in [3.8, 4) is 0 Å². The second-order valence-electron chi connectivity index (χ2n) is 5.88. The van der Waals surface area contributed by atoms with Crippen LogP contribution in [0.3, 0.4) is 0 Å². The Balaban J connectivity index is 2.00. The Bertz CT molecular complexity index is 323. The first-order valence-corrected chi connectivity index (χ1v) is 7.91. The first-order chi connectivity index (χ1) is 10.4. The predicted octanol–water partition coefficient (Wildman–Crippen LogP) is -0.689. The molecule has 130 valence electrons. The summed E-state index contributed by atoms with van der Waals surface area (Å²) in [5.41, 5.74) is 0. The number of carboxylic acids is 1. The lowest BCUT2D eigenvalue weighted by molar-refractivity contribution is -0.307. The molecule has 1 heterocycles. The van der Waals surface area contributed by atoms with Crippen molar-refractivity contribution in [2.45, 2.75) is 82.6 Å². The number of aliphatic carboxylic acids is 1. The molecule has 1 aliphatic heterocycles. The van der Waals surface area contributed by atoms with Crippen molar-refractivity contribution >= 4 is 5.97 Å². The molecule has 3 N–H and O–H groups in total. The Morgan fingerprint density at radius 3 is 2.64 bits per heavy atom. The zero-order chi connectivity index (χ0) is 16.5. The highest BCUT2D eigenvalue weighted by Crippen LogP contribution is 2.21. The third kappa shape index (κ3) is 7.51. The average molecular weight is 319 g/mol. The fourth-order valence-electron chi connectivity index (χ4n) is 2.42. The zero-order valence-corrected chi connectivity index (χ0v) is 13.0. The van der Waals surface area contributed by atoms with Crippen LogP contribution in [0.2, 0.25) is 0 Å². The number of carbonyl (C=O) groups excluding carboxylic acids is 1. The van der Waals surface area contributed by atoms with Crippen LogP contribution < -0.4 is 5.11 Å². The van der Waals surface area contributed by atoms with Crippen LogP contribution in [0.4, 0.5) is 0 Å². The van der Waals surface area contributed by atoms with Crippen molar-refractivity contribution in [2.75, 3.05) is 6.61 Å². The number of aliphatic hydroxyl groups excluding tert-OH is 3. The minimum atomic E-state index is -1.23. The molecular formula is C15H27O7-. The zero-order valence-electron chi connectivity index (χ0n) is 13.0. The molecule has 0 spiro atoms. The van der Waals surface area contributed by atoms with Gasteiger partial charge in [-0.15, -0.1) is 0 Å². The smallest absolute Gasteiger partial charge is 0.183 e. The summed E-state index contributed by atoms with van der Waals surface area (Å²) >= 11 is 0. The van der Waals surface area contributed by atoms with Crippen molar-refractivity contribution in [2.24, 2.45) is 0 Å². The van der Waals surface area contributed by atoms with Crippen molar-refractivity contribution in [1.82, 2.24) is 0 Å². The second kappa shape index (κ2) is 10.1. The number of hydrogen-bond acceptors (Lipinski definition) is 7.